The number of amides is 2. The molecule has 0 fully saturated rings. The van der Waals surface area contributed by atoms with Crippen molar-refractivity contribution in [1.29, 1.82) is 0 Å². The van der Waals surface area contributed by atoms with E-state index in [0.717, 1.165) is 0 Å². The SMILES string of the molecule is Cc1cc(Cl)ccc1C(C(N)=O)(C(N)=O)c1ccc(Cl)cc1C. The van der Waals surface area contributed by atoms with Crippen LogP contribution in [0.1, 0.15) is 22.3 Å². The van der Waals surface area contributed by atoms with Crippen LogP contribution >= 0.6 is 23.2 Å². The van der Waals surface area contributed by atoms with Crippen molar-refractivity contribution in [3.8, 4) is 0 Å². The zero-order chi connectivity index (χ0) is 17.4. The summed E-state index contributed by atoms with van der Waals surface area (Å²) in [5.41, 5.74) is 11.6. The second-order valence-corrected chi connectivity index (χ2v) is 6.27. The molecule has 6 heteroatoms. The van der Waals surface area contributed by atoms with E-state index >= 15 is 0 Å². The molecule has 0 atom stereocenters. The van der Waals surface area contributed by atoms with Crippen molar-refractivity contribution in [2.45, 2.75) is 19.3 Å². The first-order valence-electron chi connectivity index (χ1n) is 6.84. The molecule has 0 aliphatic heterocycles. The van der Waals surface area contributed by atoms with Crippen LogP contribution in [0, 0.1) is 13.8 Å². The number of hydrogen-bond acceptors (Lipinski definition) is 2. The molecule has 23 heavy (non-hydrogen) atoms. The molecule has 2 aromatic rings. The van der Waals surface area contributed by atoms with E-state index in [2.05, 4.69) is 0 Å². The van der Waals surface area contributed by atoms with Crippen LogP contribution in [0.25, 0.3) is 0 Å². The summed E-state index contributed by atoms with van der Waals surface area (Å²) in [6.07, 6.45) is 0. The molecule has 0 aliphatic rings. The maximum Gasteiger partial charge on any atom is 0.242 e. The zero-order valence-corrected chi connectivity index (χ0v) is 14.2. The molecule has 0 aromatic heterocycles. The maximum absolute atomic E-state index is 12.4. The first-order chi connectivity index (χ1) is 10.7. The number of benzene rings is 2. The summed E-state index contributed by atoms with van der Waals surface area (Å²) in [6, 6.07) is 9.69. The number of nitrogens with two attached hydrogens (primary N) is 2. The van der Waals surface area contributed by atoms with Crippen molar-refractivity contribution in [3.05, 3.63) is 68.7 Å². The lowest BCUT2D eigenvalue weighted by molar-refractivity contribution is -0.132. The van der Waals surface area contributed by atoms with E-state index < -0.39 is 17.2 Å². The Morgan fingerprint density at radius 3 is 1.43 bits per heavy atom. The van der Waals surface area contributed by atoms with E-state index in [4.69, 9.17) is 34.7 Å². The largest absolute Gasteiger partial charge is 0.368 e. The van der Waals surface area contributed by atoms with Crippen molar-refractivity contribution < 1.29 is 9.59 Å². The Labute approximate surface area is 144 Å². The highest BCUT2D eigenvalue weighted by Gasteiger charge is 2.48. The summed E-state index contributed by atoms with van der Waals surface area (Å²) < 4.78 is 0. The van der Waals surface area contributed by atoms with Gasteiger partial charge in [-0.05, 0) is 60.4 Å². The average Bonchev–Trinajstić information content (AvgIpc) is 2.42. The first-order valence-corrected chi connectivity index (χ1v) is 7.60. The summed E-state index contributed by atoms with van der Waals surface area (Å²) in [5, 5.41) is 0.976. The van der Waals surface area contributed by atoms with Gasteiger partial charge in [-0.3, -0.25) is 9.59 Å². The number of carbonyl (C=O) groups excluding carboxylic acids is 2. The molecule has 2 rings (SSSR count). The first kappa shape index (κ1) is 17.3. The third-order valence-corrected chi connectivity index (χ3v) is 4.39. The smallest absolute Gasteiger partial charge is 0.242 e. The summed E-state index contributed by atoms with van der Waals surface area (Å²) in [6.45, 7) is 3.49. The van der Waals surface area contributed by atoms with E-state index in [9.17, 15) is 9.59 Å². The van der Waals surface area contributed by atoms with Gasteiger partial charge in [-0.15, -0.1) is 0 Å². The molecule has 0 bridgehead atoms. The van der Waals surface area contributed by atoms with Crippen LogP contribution in [-0.4, -0.2) is 11.8 Å². The number of aryl methyl sites for hydroxylation is 2. The van der Waals surface area contributed by atoms with Gasteiger partial charge in [-0.1, -0.05) is 35.3 Å². The standard InChI is InChI=1S/C17H16Cl2N2O2/c1-9-7-11(18)3-5-13(9)17(15(20)22,16(21)23)14-6-4-12(19)8-10(14)2/h3-8H,1-2H3,(H2,20,22)(H2,21,23). The van der Waals surface area contributed by atoms with Crippen molar-refractivity contribution >= 4 is 35.0 Å². The number of carbonyl (C=O) groups is 2. The Morgan fingerprint density at radius 2 is 1.17 bits per heavy atom. The van der Waals surface area contributed by atoms with Gasteiger partial charge in [-0.25, -0.2) is 0 Å². The van der Waals surface area contributed by atoms with Crippen LogP contribution in [0.15, 0.2) is 36.4 Å². The molecule has 0 unspecified atom stereocenters. The van der Waals surface area contributed by atoms with Crippen LogP contribution in [0.3, 0.4) is 0 Å². The number of primary amides is 2. The van der Waals surface area contributed by atoms with E-state index in [-0.39, 0.29) is 0 Å². The van der Waals surface area contributed by atoms with E-state index in [0.29, 0.717) is 32.3 Å². The van der Waals surface area contributed by atoms with Crippen molar-refractivity contribution in [1.82, 2.24) is 0 Å². The lowest BCUT2D eigenvalue weighted by Gasteiger charge is -2.31. The molecule has 0 aliphatic carbocycles. The quantitative estimate of drug-likeness (QED) is 0.830. The molecule has 0 heterocycles. The minimum Gasteiger partial charge on any atom is -0.368 e. The molecule has 4 N–H and O–H groups in total. The van der Waals surface area contributed by atoms with Gasteiger partial charge in [0.25, 0.3) is 0 Å². The number of hydrogen-bond donors (Lipinski definition) is 2. The highest BCUT2D eigenvalue weighted by atomic mass is 35.5. The van der Waals surface area contributed by atoms with Gasteiger partial charge in [0.15, 0.2) is 5.41 Å². The fourth-order valence-corrected chi connectivity index (χ4v) is 3.35. The van der Waals surface area contributed by atoms with Gasteiger partial charge in [0.05, 0.1) is 0 Å². The maximum atomic E-state index is 12.4. The molecular formula is C17H16Cl2N2O2. The monoisotopic (exact) mass is 350 g/mol. The second kappa shape index (κ2) is 6.22. The van der Waals surface area contributed by atoms with Crippen molar-refractivity contribution in [3.63, 3.8) is 0 Å². The normalized spacial score (nSPS) is 11.3. The van der Waals surface area contributed by atoms with Gasteiger partial charge in [0, 0.05) is 10.0 Å². The van der Waals surface area contributed by atoms with Crippen LogP contribution < -0.4 is 11.5 Å². The van der Waals surface area contributed by atoms with Crippen LogP contribution in [0.5, 0.6) is 0 Å². The fraction of sp³-hybridized carbons (Fsp3) is 0.176. The van der Waals surface area contributed by atoms with E-state index in [1.807, 2.05) is 0 Å². The second-order valence-electron chi connectivity index (χ2n) is 5.40. The molecule has 0 radical (unpaired) electrons. The third kappa shape index (κ3) is 2.80. The lowest BCUT2D eigenvalue weighted by atomic mass is 9.70. The van der Waals surface area contributed by atoms with Crippen molar-refractivity contribution in [2.75, 3.05) is 0 Å². The molecule has 0 saturated heterocycles. The van der Waals surface area contributed by atoms with Gasteiger partial charge in [0.1, 0.15) is 0 Å². The topological polar surface area (TPSA) is 86.2 Å². The van der Waals surface area contributed by atoms with E-state index in [1.165, 1.54) is 0 Å². The number of rotatable bonds is 4. The van der Waals surface area contributed by atoms with Crippen molar-refractivity contribution in [2.24, 2.45) is 11.5 Å². The third-order valence-electron chi connectivity index (χ3n) is 3.92. The molecule has 4 nitrogen and oxygen atoms in total. The van der Waals surface area contributed by atoms with Gasteiger partial charge >= 0.3 is 0 Å². The van der Waals surface area contributed by atoms with Crippen LogP contribution in [-0.2, 0) is 15.0 Å². The van der Waals surface area contributed by atoms with Gasteiger partial charge in [0.2, 0.25) is 11.8 Å². The molecule has 0 spiro atoms. The van der Waals surface area contributed by atoms with Gasteiger partial charge in [-0.2, -0.15) is 0 Å². The fourth-order valence-electron chi connectivity index (χ4n) is 2.89. The minimum atomic E-state index is -1.79. The van der Waals surface area contributed by atoms with Crippen LogP contribution in [0.4, 0.5) is 0 Å². The zero-order valence-electron chi connectivity index (χ0n) is 12.7. The Kier molecular flexibility index (Phi) is 4.68. The summed E-state index contributed by atoms with van der Waals surface area (Å²) >= 11 is 11.9. The summed E-state index contributed by atoms with van der Waals surface area (Å²) in [5.74, 6) is -1.69. The molecule has 120 valence electrons. The Bertz CT molecular complexity index is 736. The minimum absolute atomic E-state index is 0.410. The van der Waals surface area contributed by atoms with Crippen LogP contribution in [0.2, 0.25) is 10.0 Å². The summed E-state index contributed by atoms with van der Waals surface area (Å²) in [4.78, 5) is 24.8. The predicted octanol–water partition coefficient (Wildman–Crippen LogP) is 2.87. The predicted molar refractivity (Wildman–Crippen MR) is 91.5 cm³/mol. The Hall–Kier alpha value is -2.04. The number of halogens is 2. The molecule has 0 saturated carbocycles. The Balaban J connectivity index is 2.91. The van der Waals surface area contributed by atoms with Gasteiger partial charge < -0.3 is 11.5 Å². The molecule has 2 aromatic carbocycles. The lowest BCUT2D eigenvalue weighted by Crippen LogP contribution is -2.53. The Morgan fingerprint density at radius 1 is 0.826 bits per heavy atom. The highest BCUT2D eigenvalue weighted by Crippen LogP contribution is 2.37. The summed E-state index contributed by atoms with van der Waals surface area (Å²) in [7, 11) is 0. The van der Waals surface area contributed by atoms with E-state index in [1.54, 1.807) is 50.2 Å². The molecular weight excluding hydrogens is 335 g/mol. The highest BCUT2D eigenvalue weighted by molar-refractivity contribution is 6.31. The average molecular weight is 351 g/mol. The molecule has 2 amide bonds.